The van der Waals surface area contributed by atoms with E-state index in [-0.39, 0.29) is 6.42 Å². The summed E-state index contributed by atoms with van der Waals surface area (Å²) in [5.74, 6) is -2.03. The number of hydrogen-bond acceptors (Lipinski definition) is 2. The molecule has 1 aromatic rings. The molecule has 0 spiro atoms. The molecular formula is C15H14Br2O4. The molecule has 2 rings (SSSR count). The van der Waals surface area contributed by atoms with E-state index in [1.54, 1.807) is 31.2 Å². The number of carboxylic acids is 2. The SMILES string of the molecule is CC1(C(=O)O)CC=CC(C(=O)O)(c2cc(Br)cc(Br)c2)C1. The molecule has 21 heavy (non-hydrogen) atoms. The Hall–Kier alpha value is -1.14. The molecule has 2 unspecified atom stereocenters. The molecule has 0 amide bonds. The van der Waals surface area contributed by atoms with Crippen molar-refractivity contribution in [3.8, 4) is 0 Å². The van der Waals surface area contributed by atoms with Crippen LogP contribution in [0.15, 0.2) is 39.3 Å². The molecule has 0 saturated heterocycles. The van der Waals surface area contributed by atoms with Crippen molar-refractivity contribution in [2.75, 3.05) is 0 Å². The molecule has 0 bridgehead atoms. The molecule has 4 nitrogen and oxygen atoms in total. The van der Waals surface area contributed by atoms with E-state index in [0.29, 0.717) is 12.0 Å². The van der Waals surface area contributed by atoms with Crippen LogP contribution in [-0.2, 0) is 15.0 Å². The second kappa shape index (κ2) is 5.57. The molecule has 2 atom stereocenters. The topological polar surface area (TPSA) is 74.6 Å². The van der Waals surface area contributed by atoms with E-state index in [1.807, 2.05) is 6.07 Å². The second-order valence-corrected chi connectivity index (χ2v) is 7.42. The molecule has 1 aliphatic rings. The van der Waals surface area contributed by atoms with Crippen molar-refractivity contribution in [2.45, 2.75) is 25.2 Å². The first-order valence-corrected chi connectivity index (χ1v) is 7.89. The van der Waals surface area contributed by atoms with Gasteiger partial charge in [0.1, 0.15) is 5.41 Å². The fraction of sp³-hybridized carbons (Fsp3) is 0.333. The molecule has 2 N–H and O–H groups in total. The van der Waals surface area contributed by atoms with E-state index in [9.17, 15) is 19.8 Å². The molecule has 0 aliphatic heterocycles. The molecule has 1 aromatic carbocycles. The van der Waals surface area contributed by atoms with Crippen molar-refractivity contribution in [2.24, 2.45) is 5.41 Å². The minimum absolute atomic E-state index is 0.0179. The highest BCUT2D eigenvalue weighted by Crippen LogP contribution is 2.45. The van der Waals surface area contributed by atoms with E-state index in [0.717, 1.165) is 8.95 Å². The van der Waals surface area contributed by atoms with Gasteiger partial charge in [0.2, 0.25) is 0 Å². The van der Waals surface area contributed by atoms with Gasteiger partial charge in [-0.3, -0.25) is 9.59 Å². The van der Waals surface area contributed by atoms with Gasteiger partial charge in [0.15, 0.2) is 0 Å². The number of halogens is 2. The summed E-state index contributed by atoms with van der Waals surface area (Å²) in [4.78, 5) is 23.4. The van der Waals surface area contributed by atoms with Crippen LogP contribution in [0.2, 0.25) is 0 Å². The van der Waals surface area contributed by atoms with Gasteiger partial charge in [0.05, 0.1) is 5.41 Å². The Morgan fingerprint density at radius 3 is 2.14 bits per heavy atom. The number of benzene rings is 1. The summed E-state index contributed by atoms with van der Waals surface area (Å²) in [7, 11) is 0. The van der Waals surface area contributed by atoms with Gasteiger partial charge in [-0.15, -0.1) is 0 Å². The van der Waals surface area contributed by atoms with E-state index in [1.165, 1.54) is 0 Å². The monoisotopic (exact) mass is 416 g/mol. The summed E-state index contributed by atoms with van der Waals surface area (Å²) in [5.41, 5.74) is -1.88. The number of carbonyl (C=O) groups is 2. The van der Waals surface area contributed by atoms with Crippen LogP contribution >= 0.6 is 31.9 Å². The molecule has 0 aromatic heterocycles. The van der Waals surface area contributed by atoms with Crippen LogP contribution in [0, 0.1) is 5.41 Å². The average Bonchev–Trinajstić information content (AvgIpc) is 2.37. The molecule has 0 saturated carbocycles. The Morgan fingerprint density at radius 2 is 1.67 bits per heavy atom. The van der Waals surface area contributed by atoms with Crippen LogP contribution < -0.4 is 0 Å². The summed E-state index contributed by atoms with van der Waals surface area (Å²) in [5, 5.41) is 19.2. The Bertz CT molecular complexity index is 620. The van der Waals surface area contributed by atoms with Gasteiger partial charge in [-0.2, -0.15) is 0 Å². The lowest BCUT2D eigenvalue weighted by molar-refractivity contribution is -0.152. The lowest BCUT2D eigenvalue weighted by Gasteiger charge is -2.38. The third-order valence-electron chi connectivity index (χ3n) is 3.92. The highest BCUT2D eigenvalue weighted by molar-refractivity contribution is 9.11. The smallest absolute Gasteiger partial charge is 0.318 e. The molecule has 112 valence electrons. The third kappa shape index (κ3) is 2.92. The highest BCUT2D eigenvalue weighted by Gasteiger charge is 2.49. The summed E-state index contributed by atoms with van der Waals surface area (Å²) in [6.45, 7) is 1.59. The van der Waals surface area contributed by atoms with Crippen LogP contribution in [0.3, 0.4) is 0 Å². The standard InChI is InChI=1S/C15H14Br2O4/c1-14(12(18)19)3-2-4-15(8-14,13(20)21)9-5-10(16)7-11(17)6-9/h2,4-7H,3,8H2,1H3,(H,18,19)(H,20,21). The van der Waals surface area contributed by atoms with Crippen molar-refractivity contribution in [1.29, 1.82) is 0 Å². The first-order valence-electron chi connectivity index (χ1n) is 6.31. The van der Waals surface area contributed by atoms with Crippen molar-refractivity contribution < 1.29 is 19.8 Å². The molecule has 0 fully saturated rings. The summed E-state index contributed by atoms with van der Waals surface area (Å²) in [6.07, 6.45) is 3.60. The van der Waals surface area contributed by atoms with E-state index < -0.39 is 22.8 Å². The average molecular weight is 418 g/mol. The zero-order valence-electron chi connectivity index (χ0n) is 11.3. The fourth-order valence-electron chi connectivity index (χ4n) is 2.71. The molecular weight excluding hydrogens is 404 g/mol. The predicted octanol–water partition coefficient (Wildman–Crippen LogP) is 3.97. The quantitative estimate of drug-likeness (QED) is 0.729. The van der Waals surface area contributed by atoms with Crippen LogP contribution in [-0.4, -0.2) is 22.2 Å². The molecule has 0 radical (unpaired) electrons. The first-order chi connectivity index (χ1) is 9.69. The number of carboxylic acid groups (broad SMARTS) is 2. The van der Waals surface area contributed by atoms with Crippen molar-refractivity contribution >= 4 is 43.8 Å². The number of aliphatic carboxylic acids is 2. The lowest BCUT2D eigenvalue weighted by atomic mass is 9.63. The highest BCUT2D eigenvalue weighted by atomic mass is 79.9. The van der Waals surface area contributed by atoms with Crippen LogP contribution in [0.5, 0.6) is 0 Å². The van der Waals surface area contributed by atoms with Crippen molar-refractivity contribution in [3.05, 3.63) is 44.9 Å². The molecule has 0 heterocycles. The van der Waals surface area contributed by atoms with Gasteiger partial charge in [0.25, 0.3) is 0 Å². The number of allylic oxidation sites excluding steroid dienone is 1. The summed E-state index contributed by atoms with van der Waals surface area (Å²) < 4.78 is 1.48. The Labute approximate surface area is 139 Å². The van der Waals surface area contributed by atoms with Gasteiger partial charge in [-0.1, -0.05) is 44.0 Å². The fourth-order valence-corrected chi connectivity index (χ4v) is 4.00. The van der Waals surface area contributed by atoms with Gasteiger partial charge in [0, 0.05) is 8.95 Å². The normalized spacial score (nSPS) is 28.3. The van der Waals surface area contributed by atoms with Crippen molar-refractivity contribution in [3.63, 3.8) is 0 Å². The predicted molar refractivity (Wildman–Crippen MR) is 85.3 cm³/mol. The zero-order chi connectivity index (χ0) is 15.8. The summed E-state index contributed by atoms with van der Waals surface area (Å²) >= 11 is 6.69. The Morgan fingerprint density at radius 1 is 1.10 bits per heavy atom. The summed E-state index contributed by atoms with van der Waals surface area (Å²) in [6, 6.07) is 5.25. The minimum Gasteiger partial charge on any atom is -0.481 e. The minimum atomic E-state index is -1.34. The number of hydrogen-bond donors (Lipinski definition) is 2. The largest absolute Gasteiger partial charge is 0.481 e. The third-order valence-corrected chi connectivity index (χ3v) is 4.83. The van der Waals surface area contributed by atoms with E-state index >= 15 is 0 Å². The van der Waals surface area contributed by atoms with E-state index in [2.05, 4.69) is 31.9 Å². The number of rotatable bonds is 3. The first kappa shape index (κ1) is 16.2. The maximum atomic E-state index is 11.9. The van der Waals surface area contributed by atoms with Crippen molar-refractivity contribution in [1.82, 2.24) is 0 Å². The van der Waals surface area contributed by atoms with Crippen LogP contribution in [0.1, 0.15) is 25.3 Å². The lowest BCUT2D eigenvalue weighted by Crippen LogP contribution is -2.44. The van der Waals surface area contributed by atoms with E-state index in [4.69, 9.17) is 0 Å². The van der Waals surface area contributed by atoms with Gasteiger partial charge >= 0.3 is 11.9 Å². The zero-order valence-corrected chi connectivity index (χ0v) is 14.4. The van der Waals surface area contributed by atoms with Gasteiger partial charge in [-0.25, -0.2) is 0 Å². The van der Waals surface area contributed by atoms with Gasteiger partial charge < -0.3 is 10.2 Å². The van der Waals surface area contributed by atoms with Gasteiger partial charge in [-0.05, 0) is 43.5 Å². The molecule has 1 aliphatic carbocycles. The Balaban J connectivity index is 2.62. The second-order valence-electron chi connectivity index (χ2n) is 5.58. The molecule has 6 heteroatoms. The van der Waals surface area contributed by atoms with Crippen LogP contribution in [0.25, 0.3) is 0 Å². The maximum absolute atomic E-state index is 11.9. The Kier molecular flexibility index (Phi) is 4.31. The van der Waals surface area contributed by atoms with Crippen LogP contribution in [0.4, 0.5) is 0 Å². The maximum Gasteiger partial charge on any atom is 0.318 e.